The first-order chi connectivity index (χ1) is 9.49. The van der Waals surface area contributed by atoms with E-state index in [1.165, 1.54) is 11.7 Å². The maximum absolute atomic E-state index is 13.2. The van der Waals surface area contributed by atoms with Gasteiger partial charge in [0.2, 0.25) is 5.82 Å². The molecule has 0 saturated heterocycles. The number of hydrogen-bond donors (Lipinski definition) is 1. The van der Waals surface area contributed by atoms with Gasteiger partial charge in [0.05, 0.1) is 18.3 Å². The number of imidazole rings is 1. The summed E-state index contributed by atoms with van der Waals surface area (Å²) in [6, 6.07) is -0.309. The number of halogens is 3. The first-order valence-electron chi connectivity index (χ1n) is 6.85. The van der Waals surface area contributed by atoms with Crippen molar-refractivity contribution in [2.24, 2.45) is 0 Å². The molecule has 0 radical (unpaired) electrons. The zero-order valence-corrected chi connectivity index (χ0v) is 11.8. The van der Waals surface area contributed by atoms with Crippen LogP contribution in [-0.2, 0) is 23.9 Å². The number of methoxy groups -OCH3 is 1. The smallest absolute Gasteiger partial charge is 0.383 e. The largest absolute Gasteiger partial charge is 0.449 e. The third-order valence-electron chi connectivity index (χ3n) is 3.52. The highest BCUT2D eigenvalue weighted by Gasteiger charge is 2.40. The highest BCUT2D eigenvalue weighted by atomic mass is 19.4. The molecule has 1 atom stereocenters. The Hall–Kier alpha value is -1.08. The van der Waals surface area contributed by atoms with Crippen molar-refractivity contribution in [1.82, 2.24) is 14.9 Å². The number of fused-ring (bicyclic) bond motifs is 1. The predicted octanol–water partition coefficient (Wildman–Crippen LogP) is 2.54. The van der Waals surface area contributed by atoms with Gasteiger partial charge < -0.3 is 14.6 Å². The summed E-state index contributed by atoms with van der Waals surface area (Å²) in [5.41, 5.74) is 1.22. The zero-order chi connectivity index (χ0) is 14.8. The number of alkyl halides is 3. The quantitative estimate of drug-likeness (QED) is 0.906. The van der Waals surface area contributed by atoms with Crippen molar-refractivity contribution in [2.75, 3.05) is 20.3 Å². The highest BCUT2D eigenvalue weighted by Crippen LogP contribution is 2.34. The molecule has 0 bridgehead atoms. The minimum atomic E-state index is -4.43. The molecule has 20 heavy (non-hydrogen) atoms. The van der Waals surface area contributed by atoms with Gasteiger partial charge in [-0.1, -0.05) is 13.3 Å². The highest BCUT2D eigenvalue weighted by molar-refractivity contribution is 5.22. The molecule has 0 saturated carbocycles. The molecule has 2 heterocycles. The summed E-state index contributed by atoms with van der Waals surface area (Å²) in [7, 11) is 1.51. The molecular formula is C13H20F3N3O. The summed E-state index contributed by atoms with van der Waals surface area (Å²) in [6.07, 6.45) is -2.41. The summed E-state index contributed by atoms with van der Waals surface area (Å²) < 4.78 is 46.2. The van der Waals surface area contributed by atoms with E-state index in [1.54, 1.807) is 0 Å². The molecule has 1 unspecified atom stereocenters. The van der Waals surface area contributed by atoms with Crippen molar-refractivity contribution in [2.45, 2.75) is 44.9 Å². The topological polar surface area (TPSA) is 39.1 Å². The van der Waals surface area contributed by atoms with Gasteiger partial charge in [-0.3, -0.25) is 0 Å². The predicted molar refractivity (Wildman–Crippen MR) is 68.5 cm³/mol. The number of nitrogens with one attached hydrogen (secondary N) is 1. The molecule has 114 valence electrons. The molecule has 4 nitrogen and oxygen atoms in total. The molecular weight excluding hydrogens is 271 g/mol. The maximum atomic E-state index is 13.2. The van der Waals surface area contributed by atoms with Crippen LogP contribution in [0.15, 0.2) is 0 Å². The molecule has 0 aliphatic carbocycles. The second-order valence-electron chi connectivity index (χ2n) is 5.02. The number of rotatable bonds is 5. The molecule has 1 aliphatic rings. The van der Waals surface area contributed by atoms with Gasteiger partial charge in [0.1, 0.15) is 0 Å². The van der Waals surface area contributed by atoms with Gasteiger partial charge in [0.15, 0.2) is 0 Å². The summed E-state index contributed by atoms with van der Waals surface area (Å²) in [4.78, 5) is 3.83. The van der Waals surface area contributed by atoms with Crippen LogP contribution in [0.2, 0.25) is 0 Å². The Morgan fingerprint density at radius 1 is 1.45 bits per heavy atom. The lowest BCUT2D eigenvalue weighted by Crippen LogP contribution is -2.28. The van der Waals surface area contributed by atoms with Gasteiger partial charge in [-0.15, -0.1) is 0 Å². The minimum Gasteiger partial charge on any atom is -0.383 e. The van der Waals surface area contributed by atoms with Crippen molar-refractivity contribution in [1.29, 1.82) is 0 Å². The fourth-order valence-corrected chi connectivity index (χ4v) is 2.74. The Morgan fingerprint density at radius 2 is 2.20 bits per heavy atom. The molecule has 0 aromatic carbocycles. The van der Waals surface area contributed by atoms with E-state index in [4.69, 9.17) is 4.74 Å². The normalized spacial score (nSPS) is 17.1. The Labute approximate surface area is 116 Å². The Balaban J connectivity index is 2.49. The van der Waals surface area contributed by atoms with Gasteiger partial charge in [-0.25, -0.2) is 4.98 Å². The number of aromatic nitrogens is 2. The fraction of sp³-hybridized carbons (Fsp3) is 0.769. The van der Waals surface area contributed by atoms with Gasteiger partial charge in [0, 0.05) is 32.3 Å². The van der Waals surface area contributed by atoms with Crippen LogP contribution < -0.4 is 5.32 Å². The van der Waals surface area contributed by atoms with Crippen LogP contribution in [0, 0.1) is 0 Å². The maximum Gasteiger partial charge on any atom is 0.449 e. The van der Waals surface area contributed by atoms with Crippen molar-refractivity contribution in [3.63, 3.8) is 0 Å². The number of nitrogens with zero attached hydrogens (tertiary/aromatic N) is 2. The summed E-state index contributed by atoms with van der Waals surface area (Å²) in [5, 5.41) is 3.06. The summed E-state index contributed by atoms with van der Waals surface area (Å²) in [5.74, 6) is -0.790. The molecule has 1 aromatic heterocycles. The molecule has 1 N–H and O–H groups in total. The van der Waals surface area contributed by atoms with E-state index >= 15 is 0 Å². The SMILES string of the molecule is CCCC(COC)n1c(C(F)(F)F)nc2c1CCNC2. The van der Waals surface area contributed by atoms with E-state index < -0.39 is 12.0 Å². The minimum absolute atomic E-state index is 0.271. The third-order valence-corrected chi connectivity index (χ3v) is 3.52. The standard InChI is InChI=1S/C13H20F3N3O/c1-3-4-9(8-20-2)19-11-5-6-17-7-10(11)18-12(19)13(14,15)16/h9,17H,3-8H2,1-2H3. The lowest BCUT2D eigenvalue weighted by molar-refractivity contribution is -0.148. The fourth-order valence-electron chi connectivity index (χ4n) is 2.74. The van der Waals surface area contributed by atoms with Crippen LogP contribution in [0.5, 0.6) is 0 Å². The number of ether oxygens (including phenoxy) is 1. The van der Waals surface area contributed by atoms with E-state index in [2.05, 4.69) is 10.3 Å². The van der Waals surface area contributed by atoms with Gasteiger partial charge in [-0.05, 0) is 6.42 Å². The Kier molecular flexibility index (Phi) is 4.70. The molecule has 0 spiro atoms. The van der Waals surface area contributed by atoms with E-state index in [-0.39, 0.29) is 12.6 Å². The lowest BCUT2D eigenvalue weighted by Gasteiger charge is -2.24. The Bertz CT molecular complexity index is 450. The van der Waals surface area contributed by atoms with Crippen LogP contribution in [0.3, 0.4) is 0 Å². The van der Waals surface area contributed by atoms with E-state index in [1.807, 2.05) is 6.92 Å². The van der Waals surface area contributed by atoms with Gasteiger partial charge >= 0.3 is 6.18 Å². The second kappa shape index (κ2) is 6.13. The van der Waals surface area contributed by atoms with Crippen LogP contribution in [-0.4, -0.2) is 29.8 Å². The monoisotopic (exact) mass is 291 g/mol. The van der Waals surface area contributed by atoms with Crippen molar-refractivity contribution in [3.05, 3.63) is 17.2 Å². The molecule has 7 heteroatoms. The zero-order valence-electron chi connectivity index (χ0n) is 11.8. The van der Waals surface area contributed by atoms with E-state index in [0.29, 0.717) is 37.3 Å². The van der Waals surface area contributed by atoms with Crippen LogP contribution >= 0.6 is 0 Å². The van der Waals surface area contributed by atoms with Crippen LogP contribution in [0.25, 0.3) is 0 Å². The van der Waals surface area contributed by atoms with E-state index in [0.717, 1.165) is 6.42 Å². The van der Waals surface area contributed by atoms with Crippen LogP contribution in [0.4, 0.5) is 13.2 Å². The summed E-state index contributed by atoms with van der Waals surface area (Å²) in [6.45, 7) is 3.31. The van der Waals surface area contributed by atoms with E-state index in [9.17, 15) is 13.2 Å². The average molecular weight is 291 g/mol. The average Bonchev–Trinajstić information content (AvgIpc) is 2.77. The third kappa shape index (κ3) is 2.98. The van der Waals surface area contributed by atoms with Crippen molar-refractivity contribution in [3.8, 4) is 0 Å². The first-order valence-corrected chi connectivity index (χ1v) is 6.85. The number of hydrogen-bond acceptors (Lipinski definition) is 3. The molecule has 1 aliphatic heterocycles. The lowest BCUT2D eigenvalue weighted by atomic mass is 10.1. The second-order valence-corrected chi connectivity index (χ2v) is 5.02. The Morgan fingerprint density at radius 3 is 2.80 bits per heavy atom. The first kappa shape index (κ1) is 15.3. The van der Waals surface area contributed by atoms with Crippen molar-refractivity contribution >= 4 is 0 Å². The molecule has 0 fully saturated rings. The van der Waals surface area contributed by atoms with Crippen LogP contribution in [0.1, 0.15) is 43.0 Å². The molecule has 2 rings (SSSR count). The van der Waals surface area contributed by atoms with Gasteiger partial charge in [-0.2, -0.15) is 13.2 Å². The van der Waals surface area contributed by atoms with Gasteiger partial charge in [0.25, 0.3) is 0 Å². The molecule has 1 aromatic rings. The summed E-state index contributed by atoms with van der Waals surface area (Å²) >= 11 is 0. The molecule has 0 amide bonds. The van der Waals surface area contributed by atoms with Crippen molar-refractivity contribution < 1.29 is 17.9 Å².